The lowest BCUT2D eigenvalue weighted by Gasteiger charge is -2.18. The number of aromatic nitrogens is 2. The van der Waals surface area contributed by atoms with Crippen LogP contribution in [-0.4, -0.2) is 9.55 Å². The van der Waals surface area contributed by atoms with Gasteiger partial charge < -0.3 is 4.57 Å². The molecule has 124 valence electrons. The molecule has 0 aliphatic rings. The minimum Gasteiger partial charge on any atom is -0.336 e. The van der Waals surface area contributed by atoms with Crippen LogP contribution in [0.3, 0.4) is 0 Å². The lowest BCUT2D eigenvalue weighted by atomic mass is 10.0. The molecule has 0 spiro atoms. The second-order valence-electron chi connectivity index (χ2n) is 6.29. The van der Waals surface area contributed by atoms with Gasteiger partial charge in [-0.25, -0.2) is 4.98 Å². The number of rotatable bonds is 5. The molecule has 3 heteroatoms. The maximum atomic E-state index is 4.19. The van der Waals surface area contributed by atoms with Gasteiger partial charge in [-0.15, -0.1) is 11.8 Å². The van der Waals surface area contributed by atoms with Gasteiger partial charge in [0.05, 0.1) is 11.6 Å². The molecule has 4 rings (SSSR count). The third kappa shape index (κ3) is 3.77. The average molecular weight is 344 g/mol. The van der Waals surface area contributed by atoms with Crippen molar-refractivity contribution in [3.05, 3.63) is 96.6 Å². The van der Waals surface area contributed by atoms with Gasteiger partial charge in [0.1, 0.15) is 0 Å². The number of hydrogen-bond donors (Lipinski definition) is 0. The van der Waals surface area contributed by atoms with E-state index in [9.17, 15) is 0 Å². The van der Waals surface area contributed by atoms with E-state index >= 15 is 0 Å². The first-order valence-corrected chi connectivity index (χ1v) is 9.34. The molecule has 3 aromatic carbocycles. The van der Waals surface area contributed by atoms with Gasteiger partial charge in [-0.2, -0.15) is 0 Å². The fourth-order valence-corrected chi connectivity index (χ4v) is 4.14. The van der Waals surface area contributed by atoms with Crippen LogP contribution in [0.15, 0.2) is 90.3 Å². The molecule has 0 radical (unpaired) electrons. The number of thioether (sulfide) groups is 1. The zero-order chi connectivity index (χ0) is 17.1. The average Bonchev–Trinajstić information content (AvgIpc) is 3.16. The van der Waals surface area contributed by atoms with Crippen LogP contribution in [0, 0.1) is 6.92 Å². The van der Waals surface area contributed by atoms with E-state index in [0.717, 1.165) is 6.54 Å². The van der Waals surface area contributed by atoms with Gasteiger partial charge in [-0.3, -0.25) is 0 Å². The molecule has 1 atom stereocenters. The first kappa shape index (κ1) is 16.0. The molecule has 2 nitrogen and oxygen atoms in total. The Morgan fingerprint density at radius 3 is 2.52 bits per heavy atom. The molecule has 0 N–H and O–H groups in total. The number of fused-ring (bicyclic) bond motifs is 1. The summed E-state index contributed by atoms with van der Waals surface area (Å²) in [6.45, 7) is 3.03. The fraction of sp³-hybridized carbons (Fsp3) is 0.136. The molecule has 0 bridgehead atoms. The van der Waals surface area contributed by atoms with Gasteiger partial charge in [0.25, 0.3) is 0 Å². The van der Waals surface area contributed by atoms with Gasteiger partial charge >= 0.3 is 0 Å². The first-order chi connectivity index (χ1) is 12.3. The van der Waals surface area contributed by atoms with Crippen molar-refractivity contribution in [3.63, 3.8) is 0 Å². The molecule has 0 saturated carbocycles. The van der Waals surface area contributed by atoms with Gasteiger partial charge in [-0.05, 0) is 41.5 Å². The molecule has 1 heterocycles. The first-order valence-electron chi connectivity index (χ1n) is 8.46. The second-order valence-corrected chi connectivity index (χ2v) is 7.56. The monoisotopic (exact) mass is 344 g/mol. The molecule has 0 aliphatic carbocycles. The molecule has 0 aliphatic heterocycles. The molecular formula is C22H20N2S. The van der Waals surface area contributed by atoms with Crippen molar-refractivity contribution < 1.29 is 0 Å². The van der Waals surface area contributed by atoms with Crippen LogP contribution in [0.25, 0.3) is 10.8 Å². The van der Waals surface area contributed by atoms with Crippen molar-refractivity contribution in [2.45, 2.75) is 23.6 Å². The Labute approximate surface area is 152 Å². The standard InChI is InChI=1S/C22H20N2S/c1-17-6-10-21(11-7-17)25-22(15-24-13-12-23-16-24)20-9-8-18-4-2-3-5-19(18)14-20/h2-14,16,22H,15H2,1H3. The smallest absolute Gasteiger partial charge is 0.0946 e. The van der Waals surface area contributed by atoms with E-state index in [1.807, 2.05) is 30.5 Å². The molecular weight excluding hydrogens is 324 g/mol. The van der Waals surface area contributed by atoms with Crippen molar-refractivity contribution in [2.24, 2.45) is 0 Å². The summed E-state index contributed by atoms with van der Waals surface area (Å²) in [6.07, 6.45) is 5.77. The predicted octanol–water partition coefficient (Wildman–Crippen LogP) is 5.88. The Hall–Kier alpha value is -2.52. The highest BCUT2D eigenvalue weighted by Gasteiger charge is 2.15. The summed E-state index contributed by atoms with van der Waals surface area (Å²) in [5, 5.41) is 2.91. The fourth-order valence-electron chi connectivity index (χ4n) is 2.99. The van der Waals surface area contributed by atoms with Crippen molar-refractivity contribution in [3.8, 4) is 0 Å². The minimum absolute atomic E-state index is 0.335. The summed E-state index contributed by atoms with van der Waals surface area (Å²) in [4.78, 5) is 5.49. The van der Waals surface area contributed by atoms with E-state index in [2.05, 4.69) is 83.2 Å². The van der Waals surface area contributed by atoms with E-state index in [-0.39, 0.29) is 0 Å². The van der Waals surface area contributed by atoms with Crippen LogP contribution >= 0.6 is 11.8 Å². The number of imidazole rings is 1. The summed E-state index contributed by atoms with van der Waals surface area (Å²) in [6, 6.07) is 24.1. The SMILES string of the molecule is Cc1ccc(SC(Cn2ccnc2)c2ccc3ccccc3c2)cc1. The highest BCUT2D eigenvalue weighted by Crippen LogP contribution is 2.37. The summed E-state index contributed by atoms with van der Waals surface area (Å²) in [7, 11) is 0. The molecule has 0 saturated heterocycles. The molecule has 1 aromatic heterocycles. The molecule has 1 unspecified atom stereocenters. The highest BCUT2D eigenvalue weighted by molar-refractivity contribution is 7.99. The highest BCUT2D eigenvalue weighted by atomic mass is 32.2. The van der Waals surface area contributed by atoms with Crippen LogP contribution in [0.4, 0.5) is 0 Å². The van der Waals surface area contributed by atoms with Crippen LogP contribution in [0.5, 0.6) is 0 Å². The van der Waals surface area contributed by atoms with Gasteiger partial charge in [-0.1, -0.05) is 54.1 Å². The third-order valence-electron chi connectivity index (χ3n) is 4.38. The summed E-state index contributed by atoms with van der Waals surface area (Å²) in [5.41, 5.74) is 2.64. The van der Waals surface area contributed by atoms with E-state index in [0.29, 0.717) is 5.25 Å². The maximum absolute atomic E-state index is 4.19. The Kier molecular flexibility index (Phi) is 4.57. The van der Waals surface area contributed by atoms with E-state index in [1.165, 1.54) is 26.8 Å². The number of aryl methyl sites for hydroxylation is 1. The number of benzene rings is 3. The van der Waals surface area contributed by atoms with Crippen LogP contribution in [0.1, 0.15) is 16.4 Å². The lowest BCUT2D eigenvalue weighted by molar-refractivity contribution is 0.684. The second kappa shape index (κ2) is 7.16. The third-order valence-corrected chi connectivity index (χ3v) is 5.63. The van der Waals surface area contributed by atoms with Gasteiger partial charge in [0.15, 0.2) is 0 Å². The van der Waals surface area contributed by atoms with Crippen molar-refractivity contribution in [1.29, 1.82) is 0 Å². The summed E-state index contributed by atoms with van der Waals surface area (Å²) < 4.78 is 2.15. The molecule has 4 aromatic rings. The van der Waals surface area contributed by atoms with Crippen molar-refractivity contribution >= 4 is 22.5 Å². The van der Waals surface area contributed by atoms with E-state index < -0.39 is 0 Å². The topological polar surface area (TPSA) is 17.8 Å². The van der Waals surface area contributed by atoms with Crippen LogP contribution in [0.2, 0.25) is 0 Å². The number of nitrogens with zero attached hydrogens (tertiary/aromatic N) is 2. The Morgan fingerprint density at radius 2 is 1.76 bits per heavy atom. The molecule has 0 fully saturated rings. The van der Waals surface area contributed by atoms with Crippen LogP contribution in [-0.2, 0) is 6.54 Å². The Balaban J connectivity index is 1.68. The van der Waals surface area contributed by atoms with E-state index in [1.54, 1.807) is 0 Å². The summed E-state index contributed by atoms with van der Waals surface area (Å²) >= 11 is 1.91. The number of hydrogen-bond acceptors (Lipinski definition) is 2. The Bertz CT molecular complexity index is 959. The zero-order valence-corrected chi connectivity index (χ0v) is 15.0. The zero-order valence-electron chi connectivity index (χ0n) is 14.2. The lowest BCUT2D eigenvalue weighted by Crippen LogP contribution is -2.05. The maximum Gasteiger partial charge on any atom is 0.0946 e. The Morgan fingerprint density at radius 1 is 0.960 bits per heavy atom. The predicted molar refractivity (Wildman–Crippen MR) is 106 cm³/mol. The van der Waals surface area contributed by atoms with Crippen LogP contribution < -0.4 is 0 Å². The molecule has 0 amide bonds. The largest absolute Gasteiger partial charge is 0.336 e. The van der Waals surface area contributed by atoms with Crippen molar-refractivity contribution in [1.82, 2.24) is 9.55 Å². The van der Waals surface area contributed by atoms with E-state index in [4.69, 9.17) is 0 Å². The minimum atomic E-state index is 0.335. The quantitative estimate of drug-likeness (QED) is 0.421. The van der Waals surface area contributed by atoms with Gasteiger partial charge in [0, 0.05) is 23.8 Å². The van der Waals surface area contributed by atoms with Crippen molar-refractivity contribution in [2.75, 3.05) is 0 Å². The normalized spacial score (nSPS) is 12.4. The summed E-state index contributed by atoms with van der Waals surface area (Å²) in [5.74, 6) is 0. The molecule has 25 heavy (non-hydrogen) atoms. The van der Waals surface area contributed by atoms with Gasteiger partial charge in [0.2, 0.25) is 0 Å².